The van der Waals surface area contributed by atoms with Gasteiger partial charge in [-0.3, -0.25) is 4.79 Å². The summed E-state index contributed by atoms with van der Waals surface area (Å²) in [7, 11) is 0. The molecule has 76 valence electrons. The van der Waals surface area contributed by atoms with Gasteiger partial charge in [-0.15, -0.1) is 0 Å². The number of allylic oxidation sites excluding steroid dienone is 7. The molecule has 0 aromatic carbocycles. The van der Waals surface area contributed by atoms with E-state index in [9.17, 15) is 4.79 Å². The summed E-state index contributed by atoms with van der Waals surface area (Å²) in [6, 6.07) is 2.07. The molecule has 1 nitrogen and oxygen atoms in total. The van der Waals surface area contributed by atoms with Crippen LogP contribution in [0.2, 0.25) is 0 Å². The van der Waals surface area contributed by atoms with Crippen molar-refractivity contribution in [1.29, 1.82) is 0 Å². The Kier molecular flexibility index (Phi) is 5.86. The molecule has 0 saturated carbocycles. The SMILES string of the molecule is O=C/C=C/C=C/C=C/C=C/c1ccsc1. The molecule has 1 heterocycles. The molecule has 0 bridgehead atoms. The van der Waals surface area contributed by atoms with Crippen molar-refractivity contribution in [2.45, 2.75) is 0 Å². The van der Waals surface area contributed by atoms with Crippen LogP contribution in [0.5, 0.6) is 0 Å². The topological polar surface area (TPSA) is 17.1 Å². The summed E-state index contributed by atoms with van der Waals surface area (Å²) in [5.74, 6) is 0. The van der Waals surface area contributed by atoms with E-state index >= 15 is 0 Å². The van der Waals surface area contributed by atoms with Gasteiger partial charge in [0.15, 0.2) is 0 Å². The van der Waals surface area contributed by atoms with Crippen molar-refractivity contribution < 1.29 is 4.79 Å². The lowest BCUT2D eigenvalue weighted by molar-refractivity contribution is -0.104. The molecule has 0 amide bonds. The highest BCUT2D eigenvalue weighted by molar-refractivity contribution is 7.08. The van der Waals surface area contributed by atoms with Gasteiger partial charge in [-0.05, 0) is 28.5 Å². The number of carbonyl (C=O) groups excluding carboxylic acids is 1. The molecule has 15 heavy (non-hydrogen) atoms. The molecule has 0 atom stereocenters. The van der Waals surface area contributed by atoms with Gasteiger partial charge in [0.1, 0.15) is 6.29 Å². The summed E-state index contributed by atoms with van der Waals surface area (Å²) in [5, 5.41) is 4.14. The third kappa shape index (κ3) is 5.60. The highest BCUT2D eigenvalue weighted by Crippen LogP contribution is 2.07. The lowest BCUT2D eigenvalue weighted by Crippen LogP contribution is -1.58. The predicted molar refractivity (Wildman–Crippen MR) is 66.8 cm³/mol. The molecule has 0 saturated heterocycles. The second-order valence-electron chi connectivity index (χ2n) is 2.71. The van der Waals surface area contributed by atoms with E-state index in [0.717, 1.165) is 6.29 Å². The molecule has 1 aromatic heterocycles. The second kappa shape index (κ2) is 7.71. The maximum atomic E-state index is 9.92. The standard InChI is InChI=1S/C13H12OS/c14-10-7-5-3-1-2-4-6-8-13-9-11-15-12-13/h1-12H/b3-1+,4-2+,7-5+,8-6+. The summed E-state index contributed by atoms with van der Waals surface area (Å²) >= 11 is 1.69. The van der Waals surface area contributed by atoms with E-state index < -0.39 is 0 Å². The normalized spacial score (nSPS) is 12.5. The average Bonchev–Trinajstić information content (AvgIpc) is 2.75. The predicted octanol–water partition coefficient (Wildman–Crippen LogP) is 3.63. The monoisotopic (exact) mass is 216 g/mol. The third-order valence-corrected chi connectivity index (χ3v) is 2.28. The molecule has 0 aliphatic heterocycles. The van der Waals surface area contributed by atoms with Crippen LogP contribution in [0.4, 0.5) is 0 Å². The third-order valence-electron chi connectivity index (χ3n) is 1.58. The molecule has 0 spiro atoms. The van der Waals surface area contributed by atoms with Crippen molar-refractivity contribution in [2.24, 2.45) is 0 Å². The van der Waals surface area contributed by atoms with Crippen LogP contribution in [0.15, 0.2) is 59.4 Å². The smallest absolute Gasteiger partial charge is 0.142 e. The van der Waals surface area contributed by atoms with Crippen LogP contribution < -0.4 is 0 Å². The fraction of sp³-hybridized carbons (Fsp3) is 0. The minimum Gasteiger partial charge on any atom is -0.299 e. The Labute approximate surface area is 93.8 Å². The lowest BCUT2D eigenvalue weighted by Gasteiger charge is -1.78. The van der Waals surface area contributed by atoms with Crippen molar-refractivity contribution in [1.82, 2.24) is 0 Å². The van der Waals surface area contributed by atoms with Crippen LogP contribution in [0.25, 0.3) is 6.08 Å². The summed E-state index contributed by atoms with van der Waals surface area (Å²) in [6.07, 6.45) is 15.5. The van der Waals surface area contributed by atoms with Gasteiger partial charge in [-0.1, -0.05) is 42.5 Å². The van der Waals surface area contributed by atoms with Gasteiger partial charge in [0, 0.05) is 0 Å². The number of hydrogen-bond acceptors (Lipinski definition) is 2. The van der Waals surface area contributed by atoms with Crippen molar-refractivity contribution in [3.8, 4) is 0 Å². The zero-order valence-corrected chi connectivity index (χ0v) is 9.06. The zero-order valence-electron chi connectivity index (χ0n) is 8.24. The fourth-order valence-electron chi connectivity index (χ4n) is 0.903. The van der Waals surface area contributed by atoms with Crippen molar-refractivity contribution in [2.75, 3.05) is 0 Å². The van der Waals surface area contributed by atoms with Crippen LogP contribution >= 0.6 is 11.3 Å². The second-order valence-corrected chi connectivity index (χ2v) is 3.49. The maximum Gasteiger partial charge on any atom is 0.142 e. The summed E-state index contributed by atoms with van der Waals surface area (Å²) < 4.78 is 0. The van der Waals surface area contributed by atoms with Gasteiger partial charge in [-0.25, -0.2) is 0 Å². The first-order valence-corrected chi connectivity index (χ1v) is 5.52. The Morgan fingerprint density at radius 1 is 0.933 bits per heavy atom. The number of hydrogen-bond donors (Lipinski definition) is 0. The maximum absolute atomic E-state index is 9.92. The van der Waals surface area contributed by atoms with Crippen molar-refractivity contribution in [3.63, 3.8) is 0 Å². The Bertz CT molecular complexity index is 381. The Morgan fingerprint density at radius 3 is 2.20 bits per heavy atom. The fourth-order valence-corrected chi connectivity index (χ4v) is 1.53. The summed E-state index contributed by atoms with van der Waals surface area (Å²) in [6.45, 7) is 0. The highest BCUT2D eigenvalue weighted by Gasteiger charge is 1.81. The minimum atomic E-state index is 0.754. The number of rotatable bonds is 5. The van der Waals surface area contributed by atoms with E-state index in [0.29, 0.717) is 0 Å². The number of thiophene rings is 1. The Hall–Kier alpha value is -1.67. The van der Waals surface area contributed by atoms with Crippen LogP contribution in [0.3, 0.4) is 0 Å². The molecule has 0 fully saturated rings. The van der Waals surface area contributed by atoms with Gasteiger partial charge in [-0.2, -0.15) is 11.3 Å². The Morgan fingerprint density at radius 2 is 1.60 bits per heavy atom. The summed E-state index contributed by atoms with van der Waals surface area (Å²) in [4.78, 5) is 9.92. The van der Waals surface area contributed by atoms with E-state index in [1.54, 1.807) is 17.4 Å². The quantitative estimate of drug-likeness (QED) is 0.417. The number of aldehydes is 1. The molecule has 0 unspecified atom stereocenters. The number of carbonyl (C=O) groups is 1. The van der Waals surface area contributed by atoms with Crippen LogP contribution in [0, 0.1) is 0 Å². The van der Waals surface area contributed by atoms with Crippen LogP contribution in [-0.2, 0) is 4.79 Å². The van der Waals surface area contributed by atoms with Gasteiger partial charge < -0.3 is 0 Å². The first kappa shape index (κ1) is 11.4. The molecule has 2 heteroatoms. The van der Waals surface area contributed by atoms with E-state index in [2.05, 4.69) is 11.4 Å². The van der Waals surface area contributed by atoms with Gasteiger partial charge in [0.25, 0.3) is 0 Å². The molecule has 1 rings (SSSR count). The van der Waals surface area contributed by atoms with Crippen molar-refractivity contribution in [3.05, 3.63) is 64.9 Å². The Balaban J connectivity index is 2.30. The molecule has 1 aromatic rings. The van der Waals surface area contributed by atoms with Crippen LogP contribution in [0.1, 0.15) is 5.56 Å². The van der Waals surface area contributed by atoms with Gasteiger partial charge in [0.05, 0.1) is 0 Å². The van der Waals surface area contributed by atoms with Crippen LogP contribution in [-0.4, -0.2) is 6.29 Å². The average molecular weight is 216 g/mol. The van der Waals surface area contributed by atoms with E-state index in [1.165, 1.54) is 11.6 Å². The lowest BCUT2D eigenvalue weighted by atomic mass is 10.3. The molecular weight excluding hydrogens is 204 g/mol. The van der Waals surface area contributed by atoms with E-state index in [1.807, 2.05) is 41.8 Å². The van der Waals surface area contributed by atoms with E-state index in [4.69, 9.17) is 0 Å². The van der Waals surface area contributed by atoms with Crippen molar-refractivity contribution >= 4 is 23.7 Å². The van der Waals surface area contributed by atoms with Gasteiger partial charge in [0.2, 0.25) is 0 Å². The van der Waals surface area contributed by atoms with E-state index in [-0.39, 0.29) is 0 Å². The minimum absolute atomic E-state index is 0.754. The first-order chi connectivity index (χ1) is 7.43. The molecule has 0 aliphatic carbocycles. The highest BCUT2D eigenvalue weighted by atomic mass is 32.1. The summed E-state index contributed by atoms with van der Waals surface area (Å²) in [5.41, 5.74) is 1.22. The van der Waals surface area contributed by atoms with Gasteiger partial charge >= 0.3 is 0 Å². The zero-order chi connectivity index (χ0) is 10.8. The molecule has 0 N–H and O–H groups in total. The molecule has 0 radical (unpaired) electrons. The molecule has 0 aliphatic rings. The molecular formula is C13H12OS. The largest absolute Gasteiger partial charge is 0.299 e. The first-order valence-electron chi connectivity index (χ1n) is 4.57.